The Morgan fingerprint density at radius 2 is 1.82 bits per heavy atom. The number of nitrogens with two attached hydrogens (primary N) is 1. The highest BCUT2D eigenvalue weighted by atomic mass is 16.5. The summed E-state index contributed by atoms with van der Waals surface area (Å²) in [6, 6.07) is 21.6. The number of aromatic nitrogens is 1. The van der Waals surface area contributed by atoms with Crippen molar-refractivity contribution >= 4 is 39.9 Å². The van der Waals surface area contributed by atoms with E-state index in [1.807, 2.05) is 86.6 Å². The molecule has 3 amide bonds. The molecule has 0 aliphatic heterocycles. The van der Waals surface area contributed by atoms with Crippen LogP contribution < -0.4 is 26.4 Å². The molecule has 0 aliphatic carbocycles. The monoisotopic (exact) mass is 526 g/mol. The summed E-state index contributed by atoms with van der Waals surface area (Å²) < 4.78 is 5.68. The van der Waals surface area contributed by atoms with Gasteiger partial charge in [0.05, 0.1) is 6.61 Å². The number of nitrogens with one attached hydrogen (secondary N) is 3. The van der Waals surface area contributed by atoms with Crippen LogP contribution in [0.1, 0.15) is 31.0 Å². The maximum Gasteiger partial charge on any atom is 0.321 e. The van der Waals surface area contributed by atoms with Crippen molar-refractivity contribution in [1.29, 1.82) is 0 Å². The zero-order chi connectivity index (χ0) is 27.8. The molecule has 0 saturated heterocycles. The van der Waals surface area contributed by atoms with Gasteiger partial charge < -0.3 is 31.3 Å². The molecule has 4 aromatic rings. The van der Waals surface area contributed by atoms with Gasteiger partial charge in [0.15, 0.2) is 0 Å². The van der Waals surface area contributed by atoms with Crippen molar-refractivity contribution in [3.05, 3.63) is 90.1 Å². The van der Waals surface area contributed by atoms with E-state index in [1.54, 1.807) is 18.1 Å². The van der Waals surface area contributed by atoms with Crippen LogP contribution in [0.3, 0.4) is 0 Å². The summed E-state index contributed by atoms with van der Waals surface area (Å²) in [6.45, 7) is 5.23. The molecule has 0 aliphatic rings. The summed E-state index contributed by atoms with van der Waals surface area (Å²) in [4.78, 5) is 31.5. The first kappa shape index (κ1) is 27.3. The van der Waals surface area contributed by atoms with Gasteiger partial charge in [-0.3, -0.25) is 4.79 Å². The lowest BCUT2D eigenvalue weighted by atomic mass is 10.0. The SMILES string of the molecule is CCOc1cccc(C(Nc2ccc3c(N)nccc3c2)C(=O)NCc2cccc(NC(=O)N(C)CC)c2)c1. The fourth-order valence-electron chi connectivity index (χ4n) is 4.12. The second-order valence-electron chi connectivity index (χ2n) is 9.08. The van der Waals surface area contributed by atoms with Gasteiger partial charge in [0.2, 0.25) is 5.91 Å². The number of carbonyl (C=O) groups excluding carboxylic acids is 2. The van der Waals surface area contributed by atoms with E-state index in [1.165, 1.54) is 0 Å². The van der Waals surface area contributed by atoms with E-state index in [2.05, 4.69) is 20.9 Å². The highest BCUT2D eigenvalue weighted by molar-refractivity contribution is 5.94. The zero-order valence-corrected chi connectivity index (χ0v) is 22.4. The third kappa shape index (κ3) is 6.95. The van der Waals surface area contributed by atoms with Crippen LogP contribution in [0.25, 0.3) is 10.8 Å². The molecule has 3 aromatic carbocycles. The maximum absolute atomic E-state index is 13.6. The second kappa shape index (κ2) is 12.6. The fraction of sp³-hybridized carbons (Fsp3) is 0.233. The van der Waals surface area contributed by atoms with Crippen LogP contribution in [0.4, 0.5) is 22.0 Å². The number of carbonyl (C=O) groups is 2. The summed E-state index contributed by atoms with van der Waals surface area (Å²) in [6.07, 6.45) is 1.66. The second-order valence-corrected chi connectivity index (χ2v) is 9.08. The van der Waals surface area contributed by atoms with Gasteiger partial charge >= 0.3 is 6.03 Å². The zero-order valence-electron chi connectivity index (χ0n) is 22.4. The highest BCUT2D eigenvalue weighted by Crippen LogP contribution is 2.27. The minimum atomic E-state index is -0.692. The molecule has 0 bridgehead atoms. The van der Waals surface area contributed by atoms with Crippen molar-refractivity contribution < 1.29 is 14.3 Å². The highest BCUT2D eigenvalue weighted by Gasteiger charge is 2.21. The molecule has 1 unspecified atom stereocenters. The molecule has 5 N–H and O–H groups in total. The van der Waals surface area contributed by atoms with Gasteiger partial charge in [-0.2, -0.15) is 0 Å². The molecule has 0 saturated carbocycles. The first-order valence-electron chi connectivity index (χ1n) is 12.9. The Labute approximate surface area is 228 Å². The lowest BCUT2D eigenvalue weighted by molar-refractivity contribution is -0.122. The lowest BCUT2D eigenvalue weighted by Crippen LogP contribution is -2.33. The number of anilines is 3. The Hall–Kier alpha value is -4.79. The van der Waals surface area contributed by atoms with Crippen molar-refractivity contribution in [3.8, 4) is 5.75 Å². The average Bonchev–Trinajstić information content (AvgIpc) is 2.94. The van der Waals surface area contributed by atoms with Gasteiger partial charge in [0.1, 0.15) is 17.6 Å². The van der Waals surface area contributed by atoms with Crippen molar-refractivity contribution in [2.75, 3.05) is 36.6 Å². The van der Waals surface area contributed by atoms with Crippen molar-refractivity contribution in [3.63, 3.8) is 0 Å². The summed E-state index contributed by atoms with van der Waals surface area (Å²) in [5.41, 5.74) is 9.06. The number of pyridine rings is 1. The number of hydrogen-bond acceptors (Lipinski definition) is 6. The molecule has 0 radical (unpaired) electrons. The largest absolute Gasteiger partial charge is 0.494 e. The first-order chi connectivity index (χ1) is 18.9. The maximum atomic E-state index is 13.6. The number of amides is 3. The first-order valence-corrected chi connectivity index (χ1v) is 12.9. The summed E-state index contributed by atoms with van der Waals surface area (Å²) in [7, 11) is 1.73. The van der Waals surface area contributed by atoms with E-state index >= 15 is 0 Å². The van der Waals surface area contributed by atoms with Gasteiger partial charge in [-0.1, -0.05) is 24.3 Å². The van der Waals surface area contributed by atoms with Crippen molar-refractivity contribution in [1.82, 2.24) is 15.2 Å². The van der Waals surface area contributed by atoms with Crippen LogP contribution in [-0.2, 0) is 11.3 Å². The van der Waals surface area contributed by atoms with Gasteiger partial charge in [-0.15, -0.1) is 0 Å². The number of ether oxygens (including phenoxy) is 1. The number of benzene rings is 3. The summed E-state index contributed by atoms with van der Waals surface area (Å²) >= 11 is 0. The van der Waals surface area contributed by atoms with Crippen molar-refractivity contribution in [2.45, 2.75) is 26.4 Å². The van der Waals surface area contributed by atoms with Gasteiger partial charge in [0.25, 0.3) is 0 Å². The molecule has 0 fully saturated rings. The van der Waals surface area contributed by atoms with Crippen LogP contribution >= 0.6 is 0 Å². The van der Waals surface area contributed by atoms with Crippen LogP contribution in [-0.4, -0.2) is 42.0 Å². The standard InChI is InChI=1S/C30H34N6O3/c1-4-36(3)30(38)35-23-10-6-8-20(16-23)19-33-29(37)27(22-9-7-11-25(18-22)39-5-2)34-24-12-13-26-21(17-24)14-15-32-28(26)31/h6-18,27,34H,4-5,19H2,1-3H3,(H2,31,32)(H,33,37)(H,35,38). The smallest absolute Gasteiger partial charge is 0.321 e. The number of rotatable bonds is 10. The third-order valence-corrected chi connectivity index (χ3v) is 6.34. The average molecular weight is 527 g/mol. The predicted molar refractivity (Wildman–Crippen MR) is 156 cm³/mol. The fourth-order valence-corrected chi connectivity index (χ4v) is 4.12. The van der Waals surface area contributed by atoms with Crippen LogP contribution in [0, 0.1) is 0 Å². The number of nitrogen functional groups attached to an aromatic ring is 1. The van der Waals surface area contributed by atoms with Gasteiger partial charge in [-0.25, -0.2) is 9.78 Å². The Morgan fingerprint density at radius 3 is 2.62 bits per heavy atom. The number of hydrogen-bond donors (Lipinski definition) is 4. The molecular weight excluding hydrogens is 492 g/mol. The lowest BCUT2D eigenvalue weighted by Gasteiger charge is -2.21. The van der Waals surface area contributed by atoms with Gasteiger partial charge in [0, 0.05) is 43.1 Å². The Balaban J connectivity index is 1.55. The van der Waals surface area contributed by atoms with E-state index in [0.29, 0.717) is 30.4 Å². The summed E-state index contributed by atoms with van der Waals surface area (Å²) in [5, 5.41) is 11.1. The van der Waals surface area contributed by atoms with E-state index in [-0.39, 0.29) is 18.5 Å². The number of nitrogens with zero attached hydrogens (tertiary/aromatic N) is 2. The molecular formula is C30H34N6O3. The summed E-state index contributed by atoms with van der Waals surface area (Å²) in [5.74, 6) is 0.933. The third-order valence-electron chi connectivity index (χ3n) is 6.34. The molecule has 1 heterocycles. The molecule has 9 nitrogen and oxygen atoms in total. The molecule has 39 heavy (non-hydrogen) atoms. The Kier molecular flexibility index (Phi) is 8.83. The minimum Gasteiger partial charge on any atom is -0.494 e. The molecule has 0 spiro atoms. The van der Waals surface area contributed by atoms with Crippen LogP contribution in [0.5, 0.6) is 5.75 Å². The molecule has 9 heteroatoms. The Bertz CT molecular complexity index is 1460. The number of urea groups is 1. The molecule has 1 aromatic heterocycles. The predicted octanol–water partition coefficient (Wildman–Crippen LogP) is 5.17. The molecule has 4 rings (SSSR count). The van der Waals surface area contributed by atoms with E-state index in [9.17, 15) is 9.59 Å². The van der Waals surface area contributed by atoms with E-state index < -0.39 is 6.04 Å². The van der Waals surface area contributed by atoms with Crippen LogP contribution in [0.15, 0.2) is 79.0 Å². The number of fused-ring (bicyclic) bond motifs is 1. The van der Waals surface area contributed by atoms with Gasteiger partial charge in [-0.05, 0) is 78.9 Å². The van der Waals surface area contributed by atoms with E-state index in [0.717, 1.165) is 27.6 Å². The molecule has 1 atom stereocenters. The normalized spacial score (nSPS) is 11.5. The van der Waals surface area contributed by atoms with E-state index in [4.69, 9.17) is 10.5 Å². The van der Waals surface area contributed by atoms with Crippen LogP contribution in [0.2, 0.25) is 0 Å². The molecule has 202 valence electrons. The topological polar surface area (TPSA) is 122 Å². The van der Waals surface area contributed by atoms with Crippen molar-refractivity contribution in [2.24, 2.45) is 0 Å². The minimum absolute atomic E-state index is 0.190. The quantitative estimate of drug-likeness (QED) is 0.226. The Morgan fingerprint density at radius 1 is 1.00 bits per heavy atom.